The van der Waals surface area contributed by atoms with E-state index in [2.05, 4.69) is 48.3 Å². The van der Waals surface area contributed by atoms with Gasteiger partial charge in [-0.3, -0.25) is 0 Å². The van der Waals surface area contributed by atoms with Gasteiger partial charge in [-0.2, -0.15) is 0 Å². The first-order valence-electron chi connectivity index (χ1n) is 7.06. The lowest BCUT2D eigenvalue weighted by Gasteiger charge is -2.30. The topological polar surface area (TPSA) is 66.4 Å². The van der Waals surface area contributed by atoms with Crippen LogP contribution in [0.1, 0.15) is 34.1 Å². The highest BCUT2D eigenvalue weighted by molar-refractivity contribution is 9.11. The van der Waals surface area contributed by atoms with Crippen LogP contribution in [-0.2, 0) is 10.0 Å². The number of hydrogen-bond donors (Lipinski definition) is 2. The predicted octanol–water partition coefficient (Wildman–Crippen LogP) is 3.47. The number of hydrogen-bond acceptors (Lipinski definition) is 4. The van der Waals surface area contributed by atoms with Crippen LogP contribution in [0.2, 0.25) is 0 Å². The summed E-state index contributed by atoms with van der Waals surface area (Å²) < 4.78 is 28.5. The fourth-order valence-corrected chi connectivity index (χ4v) is 5.71. The Morgan fingerprint density at radius 2 is 1.90 bits per heavy atom. The summed E-state index contributed by atoms with van der Waals surface area (Å²) in [5.41, 5.74) is 0. The molecule has 0 saturated carbocycles. The monoisotopic (exact) mass is 397 g/mol. The normalized spacial score (nSPS) is 15.6. The second-order valence-corrected chi connectivity index (χ2v) is 10.4. The molecule has 0 bridgehead atoms. The van der Waals surface area contributed by atoms with Crippen LogP contribution in [0.4, 0.5) is 0 Å². The molecule has 0 aliphatic heterocycles. The Balaban J connectivity index is 2.94. The van der Waals surface area contributed by atoms with E-state index in [1.807, 2.05) is 0 Å². The van der Waals surface area contributed by atoms with E-state index >= 15 is 0 Å². The molecular weight excluding hydrogens is 374 g/mol. The number of rotatable bonds is 8. The summed E-state index contributed by atoms with van der Waals surface area (Å²) in [7, 11) is -3.59. The van der Waals surface area contributed by atoms with Crippen LogP contribution in [0.5, 0.6) is 0 Å². The first-order valence-corrected chi connectivity index (χ1v) is 10.1. The van der Waals surface area contributed by atoms with Gasteiger partial charge in [0.1, 0.15) is 4.21 Å². The van der Waals surface area contributed by atoms with Crippen molar-refractivity contribution < 1.29 is 13.5 Å². The van der Waals surface area contributed by atoms with Gasteiger partial charge in [0.15, 0.2) is 0 Å². The highest BCUT2D eigenvalue weighted by Crippen LogP contribution is 2.28. The third-order valence-corrected chi connectivity index (χ3v) is 7.04. The molecule has 0 amide bonds. The Labute approximate surface area is 140 Å². The van der Waals surface area contributed by atoms with Crippen LogP contribution < -0.4 is 4.72 Å². The van der Waals surface area contributed by atoms with E-state index < -0.39 is 16.1 Å². The Bertz CT molecular complexity index is 540. The molecule has 0 aromatic carbocycles. The number of nitrogens with one attached hydrogen (secondary N) is 1. The Kier molecular flexibility index (Phi) is 7.33. The Hall–Kier alpha value is 0.0500. The molecule has 1 aromatic heterocycles. The average molecular weight is 398 g/mol. The van der Waals surface area contributed by atoms with Gasteiger partial charge in [-0.1, -0.05) is 27.7 Å². The summed E-state index contributed by atoms with van der Waals surface area (Å²) in [6.45, 7) is 8.14. The molecule has 0 saturated heterocycles. The van der Waals surface area contributed by atoms with Crippen molar-refractivity contribution in [3.8, 4) is 0 Å². The van der Waals surface area contributed by atoms with Gasteiger partial charge in [-0.15, -0.1) is 11.3 Å². The van der Waals surface area contributed by atoms with Crippen LogP contribution in [-0.4, -0.2) is 26.2 Å². The lowest BCUT2D eigenvalue weighted by atomic mass is 9.82. The molecular formula is C14H24BrNO3S2. The minimum Gasteiger partial charge on any atom is -0.395 e. The molecule has 1 rings (SSSR count). The molecule has 122 valence electrons. The van der Waals surface area contributed by atoms with Crippen LogP contribution >= 0.6 is 27.3 Å². The molecule has 2 N–H and O–H groups in total. The average Bonchev–Trinajstić information content (AvgIpc) is 2.80. The van der Waals surface area contributed by atoms with E-state index in [1.165, 1.54) is 11.3 Å². The lowest BCUT2D eigenvalue weighted by molar-refractivity contribution is 0.169. The van der Waals surface area contributed by atoms with Crippen molar-refractivity contribution in [3.63, 3.8) is 0 Å². The van der Waals surface area contributed by atoms with E-state index in [1.54, 1.807) is 12.1 Å². The smallest absolute Gasteiger partial charge is 0.250 e. The van der Waals surface area contributed by atoms with Gasteiger partial charge in [-0.05, 0) is 52.2 Å². The summed E-state index contributed by atoms with van der Waals surface area (Å²) >= 11 is 4.44. The summed E-state index contributed by atoms with van der Waals surface area (Å²) in [5, 5.41) is 9.64. The highest BCUT2D eigenvalue weighted by atomic mass is 79.9. The molecule has 7 heteroatoms. The van der Waals surface area contributed by atoms with Gasteiger partial charge in [-0.25, -0.2) is 13.1 Å². The second kappa shape index (κ2) is 8.06. The van der Waals surface area contributed by atoms with Crippen LogP contribution in [0.3, 0.4) is 0 Å². The van der Waals surface area contributed by atoms with Crippen molar-refractivity contribution in [1.82, 2.24) is 4.72 Å². The zero-order valence-electron chi connectivity index (χ0n) is 12.8. The number of sulfonamides is 1. The summed E-state index contributed by atoms with van der Waals surface area (Å²) in [4.78, 5) is 0. The fraction of sp³-hybridized carbons (Fsp3) is 0.714. The van der Waals surface area contributed by atoms with E-state index in [4.69, 9.17) is 0 Å². The van der Waals surface area contributed by atoms with Gasteiger partial charge in [0.05, 0.1) is 10.4 Å². The van der Waals surface area contributed by atoms with Crippen LogP contribution in [0.15, 0.2) is 20.1 Å². The Morgan fingerprint density at radius 3 is 2.29 bits per heavy atom. The molecule has 1 aromatic rings. The first kappa shape index (κ1) is 19.1. The van der Waals surface area contributed by atoms with Crippen molar-refractivity contribution in [3.05, 3.63) is 15.9 Å². The molecule has 21 heavy (non-hydrogen) atoms. The first-order chi connectivity index (χ1) is 9.67. The quantitative estimate of drug-likeness (QED) is 0.705. The zero-order chi connectivity index (χ0) is 16.2. The van der Waals surface area contributed by atoms with E-state index in [-0.39, 0.29) is 16.7 Å². The maximum absolute atomic E-state index is 12.4. The Morgan fingerprint density at radius 1 is 1.29 bits per heavy atom. The third-order valence-electron chi connectivity index (χ3n) is 3.43. The van der Waals surface area contributed by atoms with Crippen molar-refractivity contribution >= 4 is 37.3 Å². The van der Waals surface area contributed by atoms with Crippen LogP contribution in [0, 0.1) is 17.8 Å². The van der Waals surface area contributed by atoms with Gasteiger partial charge < -0.3 is 5.11 Å². The van der Waals surface area contributed by atoms with Crippen molar-refractivity contribution in [2.75, 3.05) is 6.61 Å². The number of aliphatic hydroxyl groups is 1. The van der Waals surface area contributed by atoms with E-state index in [0.717, 1.165) is 10.2 Å². The fourth-order valence-electron chi connectivity index (χ4n) is 2.40. The zero-order valence-corrected chi connectivity index (χ0v) is 16.1. The molecule has 0 unspecified atom stereocenters. The third kappa shape index (κ3) is 5.63. The van der Waals surface area contributed by atoms with Crippen molar-refractivity contribution in [2.24, 2.45) is 17.8 Å². The van der Waals surface area contributed by atoms with E-state index in [9.17, 15) is 13.5 Å². The van der Waals surface area contributed by atoms with Gasteiger partial charge in [0, 0.05) is 6.04 Å². The SMILES string of the molecule is CC(C)C[C@@H](C(C)C)[C@@H](CO)NS(=O)(=O)c1ccc(Br)s1. The predicted molar refractivity (Wildman–Crippen MR) is 91.0 cm³/mol. The van der Waals surface area contributed by atoms with Crippen molar-refractivity contribution in [1.29, 1.82) is 0 Å². The second-order valence-electron chi connectivity index (χ2n) is 6.01. The van der Waals surface area contributed by atoms with Crippen LogP contribution in [0.25, 0.3) is 0 Å². The van der Waals surface area contributed by atoms with Gasteiger partial charge >= 0.3 is 0 Å². The highest BCUT2D eigenvalue weighted by Gasteiger charge is 2.29. The number of halogens is 1. The maximum Gasteiger partial charge on any atom is 0.250 e. The molecule has 2 atom stereocenters. The molecule has 0 aliphatic rings. The summed E-state index contributed by atoms with van der Waals surface area (Å²) in [6, 6.07) is 2.82. The van der Waals surface area contributed by atoms with Gasteiger partial charge in [0.2, 0.25) is 10.0 Å². The number of aliphatic hydroxyl groups excluding tert-OH is 1. The minimum absolute atomic E-state index is 0.105. The minimum atomic E-state index is -3.59. The molecule has 1 heterocycles. The molecule has 0 radical (unpaired) electrons. The van der Waals surface area contributed by atoms with E-state index in [0.29, 0.717) is 11.8 Å². The maximum atomic E-state index is 12.4. The number of thiophene rings is 1. The lowest BCUT2D eigenvalue weighted by Crippen LogP contribution is -2.44. The summed E-state index contributed by atoms with van der Waals surface area (Å²) in [6.07, 6.45) is 0.875. The van der Waals surface area contributed by atoms with Gasteiger partial charge in [0.25, 0.3) is 0 Å². The molecule has 0 spiro atoms. The summed E-state index contributed by atoms with van der Waals surface area (Å²) in [5.74, 6) is 0.849. The largest absolute Gasteiger partial charge is 0.395 e. The molecule has 4 nitrogen and oxygen atoms in total. The van der Waals surface area contributed by atoms with Crippen molar-refractivity contribution in [2.45, 2.75) is 44.4 Å². The molecule has 0 fully saturated rings. The molecule has 0 aliphatic carbocycles. The standard InChI is InChI=1S/C14H24BrNO3S2/c1-9(2)7-11(10(3)4)12(8-17)16-21(18,19)14-6-5-13(15)20-14/h5-6,9-12,16-17H,7-8H2,1-4H3/t11-,12+/m0/s1.